The normalized spacial score (nSPS) is 13.8. The highest BCUT2D eigenvalue weighted by molar-refractivity contribution is 6.30. The van der Waals surface area contributed by atoms with E-state index in [0.29, 0.717) is 5.02 Å². The Kier molecular flexibility index (Phi) is 4.77. The summed E-state index contributed by atoms with van der Waals surface area (Å²) in [5.41, 5.74) is 1.10. The Bertz CT molecular complexity index is 519. The molecule has 19 heavy (non-hydrogen) atoms. The second-order valence-corrected chi connectivity index (χ2v) is 4.77. The van der Waals surface area contributed by atoms with E-state index in [9.17, 15) is 0 Å². The number of benzene rings is 1. The van der Waals surface area contributed by atoms with Crippen molar-refractivity contribution in [2.24, 2.45) is 0 Å². The molecule has 0 saturated heterocycles. The second-order valence-electron chi connectivity index (χ2n) is 4.33. The summed E-state index contributed by atoms with van der Waals surface area (Å²) in [6.07, 6.45) is 3.57. The lowest BCUT2D eigenvalue weighted by Crippen LogP contribution is -2.31. The van der Waals surface area contributed by atoms with Crippen molar-refractivity contribution in [3.8, 4) is 5.75 Å². The maximum absolute atomic E-state index is 5.95. The first-order valence-electron chi connectivity index (χ1n) is 6.20. The minimum Gasteiger partial charge on any atom is -0.489 e. The molecule has 0 spiro atoms. The van der Waals surface area contributed by atoms with Crippen molar-refractivity contribution in [2.45, 2.75) is 19.1 Å². The fourth-order valence-corrected chi connectivity index (χ4v) is 2.24. The van der Waals surface area contributed by atoms with Gasteiger partial charge in [-0.1, -0.05) is 23.7 Å². The average molecular weight is 277 g/mol. The molecule has 2 atom stereocenters. The summed E-state index contributed by atoms with van der Waals surface area (Å²) in [6.45, 7) is 2.02. The molecule has 0 aliphatic carbocycles. The van der Waals surface area contributed by atoms with Crippen LogP contribution in [-0.4, -0.2) is 18.1 Å². The topological polar surface area (TPSA) is 34.2 Å². The number of halogens is 1. The van der Waals surface area contributed by atoms with Gasteiger partial charge in [-0.05, 0) is 43.8 Å². The predicted octanol–water partition coefficient (Wildman–Crippen LogP) is 3.46. The van der Waals surface area contributed by atoms with Crippen molar-refractivity contribution in [1.82, 2.24) is 10.3 Å². The summed E-state index contributed by atoms with van der Waals surface area (Å²) in [7, 11) is 1.91. The predicted molar refractivity (Wildman–Crippen MR) is 77.6 cm³/mol. The largest absolute Gasteiger partial charge is 0.489 e. The van der Waals surface area contributed by atoms with E-state index in [2.05, 4.69) is 10.3 Å². The van der Waals surface area contributed by atoms with Crippen molar-refractivity contribution in [3.63, 3.8) is 0 Å². The van der Waals surface area contributed by atoms with Crippen LogP contribution in [-0.2, 0) is 0 Å². The molecule has 1 heterocycles. The minimum atomic E-state index is -0.0346. The number of rotatable bonds is 5. The van der Waals surface area contributed by atoms with Crippen LogP contribution in [0.15, 0.2) is 48.8 Å². The molecular weight excluding hydrogens is 260 g/mol. The van der Waals surface area contributed by atoms with Gasteiger partial charge in [0.05, 0.1) is 6.04 Å². The molecule has 1 N–H and O–H groups in total. The summed E-state index contributed by atoms with van der Waals surface area (Å²) in [5, 5.41) is 3.93. The average Bonchev–Trinajstić information content (AvgIpc) is 2.41. The summed E-state index contributed by atoms with van der Waals surface area (Å²) < 4.78 is 5.93. The van der Waals surface area contributed by atoms with Gasteiger partial charge >= 0.3 is 0 Å². The van der Waals surface area contributed by atoms with Gasteiger partial charge in [0.25, 0.3) is 0 Å². The van der Waals surface area contributed by atoms with Gasteiger partial charge in [-0.3, -0.25) is 4.98 Å². The molecule has 0 aliphatic heterocycles. The van der Waals surface area contributed by atoms with Crippen LogP contribution in [0.2, 0.25) is 5.02 Å². The SMILES string of the molecule is CNC(c1cccnc1)C(C)Oc1cccc(Cl)c1. The van der Waals surface area contributed by atoms with Crippen LogP contribution in [0.25, 0.3) is 0 Å². The van der Waals surface area contributed by atoms with E-state index in [1.54, 1.807) is 6.20 Å². The smallest absolute Gasteiger partial charge is 0.121 e. The van der Waals surface area contributed by atoms with Crippen LogP contribution in [0.3, 0.4) is 0 Å². The molecule has 2 aromatic rings. The Morgan fingerprint density at radius 2 is 2.11 bits per heavy atom. The molecule has 0 amide bonds. The second kappa shape index (κ2) is 6.55. The Labute approximate surface area is 118 Å². The van der Waals surface area contributed by atoms with E-state index in [1.807, 2.05) is 56.6 Å². The molecule has 0 aliphatic rings. The van der Waals surface area contributed by atoms with Crippen LogP contribution in [0.5, 0.6) is 5.75 Å². The molecule has 0 saturated carbocycles. The summed E-state index contributed by atoms with van der Waals surface area (Å²) in [6, 6.07) is 11.5. The molecule has 100 valence electrons. The van der Waals surface area contributed by atoms with Gasteiger partial charge in [0.15, 0.2) is 0 Å². The van der Waals surface area contributed by atoms with E-state index < -0.39 is 0 Å². The molecule has 1 aromatic heterocycles. The number of likely N-dealkylation sites (N-methyl/N-ethyl adjacent to an activating group) is 1. The van der Waals surface area contributed by atoms with Gasteiger partial charge in [-0.15, -0.1) is 0 Å². The Morgan fingerprint density at radius 3 is 2.74 bits per heavy atom. The number of nitrogens with one attached hydrogen (secondary N) is 1. The van der Waals surface area contributed by atoms with E-state index >= 15 is 0 Å². The van der Waals surface area contributed by atoms with Crippen molar-refractivity contribution >= 4 is 11.6 Å². The lowest BCUT2D eigenvalue weighted by molar-refractivity contribution is 0.175. The highest BCUT2D eigenvalue weighted by atomic mass is 35.5. The van der Waals surface area contributed by atoms with Crippen LogP contribution >= 0.6 is 11.6 Å². The zero-order valence-electron chi connectivity index (χ0n) is 11.0. The highest BCUT2D eigenvalue weighted by Gasteiger charge is 2.19. The maximum Gasteiger partial charge on any atom is 0.121 e. The van der Waals surface area contributed by atoms with E-state index in [-0.39, 0.29) is 12.1 Å². The molecular formula is C15H17ClN2O. The number of aromatic nitrogens is 1. The zero-order valence-corrected chi connectivity index (χ0v) is 11.8. The van der Waals surface area contributed by atoms with Crippen LogP contribution < -0.4 is 10.1 Å². The lowest BCUT2D eigenvalue weighted by Gasteiger charge is -2.24. The third-order valence-electron chi connectivity index (χ3n) is 2.94. The van der Waals surface area contributed by atoms with Crippen molar-refractivity contribution in [2.75, 3.05) is 7.05 Å². The first-order valence-corrected chi connectivity index (χ1v) is 6.58. The summed E-state index contributed by atoms with van der Waals surface area (Å²) >= 11 is 5.95. The van der Waals surface area contributed by atoms with Crippen LogP contribution in [0, 0.1) is 0 Å². The minimum absolute atomic E-state index is 0.0346. The zero-order chi connectivity index (χ0) is 13.7. The van der Waals surface area contributed by atoms with Gasteiger partial charge in [-0.25, -0.2) is 0 Å². The molecule has 3 nitrogen and oxygen atoms in total. The molecule has 0 bridgehead atoms. The van der Waals surface area contributed by atoms with E-state index in [0.717, 1.165) is 11.3 Å². The highest BCUT2D eigenvalue weighted by Crippen LogP contribution is 2.23. The lowest BCUT2D eigenvalue weighted by atomic mass is 10.0. The first-order chi connectivity index (χ1) is 9.20. The summed E-state index contributed by atoms with van der Waals surface area (Å²) in [5.74, 6) is 0.768. The van der Waals surface area contributed by atoms with E-state index in [4.69, 9.17) is 16.3 Å². The number of pyridine rings is 1. The number of hydrogen-bond donors (Lipinski definition) is 1. The third kappa shape index (κ3) is 3.69. The maximum atomic E-state index is 5.95. The molecule has 2 unspecified atom stereocenters. The Morgan fingerprint density at radius 1 is 1.26 bits per heavy atom. The van der Waals surface area contributed by atoms with Gasteiger partial charge in [0, 0.05) is 17.4 Å². The van der Waals surface area contributed by atoms with Crippen LogP contribution in [0.1, 0.15) is 18.5 Å². The third-order valence-corrected chi connectivity index (χ3v) is 3.18. The number of nitrogens with zero attached hydrogens (tertiary/aromatic N) is 1. The molecule has 0 radical (unpaired) electrons. The van der Waals surface area contributed by atoms with E-state index in [1.165, 1.54) is 0 Å². The Balaban J connectivity index is 2.11. The fourth-order valence-electron chi connectivity index (χ4n) is 2.06. The van der Waals surface area contributed by atoms with Crippen molar-refractivity contribution in [1.29, 1.82) is 0 Å². The quantitative estimate of drug-likeness (QED) is 0.908. The standard InChI is InChI=1S/C15H17ClN2O/c1-11(19-14-7-3-6-13(16)9-14)15(17-2)12-5-4-8-18-10-12/h3-11,15,17H,1-2H3. The van der Waals surface area contributed by atoms with Crippen LogP contribution in [0.4, 0.5) is 0 Å². The molecule has 1 aromatic carbocycles. The molecule has 2 rings (SSSR count). The van der Waals surface area contributed by atoms with Gasteiger partial charge in [0.2, 0.25) is 0 Å². The molecule has 4 heteroatoms. The van der Waals surface area contributed by atoms with Crippen molar-refractivity contribution in [3.05, 3.63) is 59.4 Å². The van der Waals surface area contributed by atoms with Gasteiger partial charge in [-0.2, -0.15) is 0 Å². The first kappa shape index (κ1) is 13.8. The monoisotopic (exact) mass is 276 g/mol. The fraction of sp³-hybridized carbons (Fsp3) is 0.267. The van der Waals surface area contributed by atoms with Crippen molar-refractivity contribution < 1.29 is 4.74 Å². The van der Waals surface area contributed by atoms with Gasteiger partial charge < -0.3 is 10.1 Å². The van der Waals surface area contributed by atoms with Gasteiger partial charge in [0.1, 0.15) is 11.9 Å². The number of hydrogen-bond acceptors (Lipinski definition) is 3. The Hall–Kier alpha value is -1.58. The molecule has 0 fully saturated rings. The number of ether oxygens (including phenoxy) is 1. The summed E-state index contributed by atoms with van der Waals surface area (Å²) in [4.78, 5) is 4.14.